The summed E-state index contributed by atoms with van der Waals surface area (Å²) in [5, 5.41) is 6.97. The highest BCUT2D eigenvalue weighted by atomic mass is 16.5. The van der Waals surface area contributed by atoms with Crippen LogP contribution in [0.5, 0.6) is 0 Å². The maximum Gasteiger partial charge on any atom is 0.318 e. The average Bonchev–Trinajstić information content (AvgIpc) is 3.31. The summed E-state index contributed by atoms with van der Waals surface area (Å²) in [5.74, 6) is 0.873. The summed E-state index contributed by atoms with van der Waals surface area (Å²) in [7, 11) is 2.18. The number of pyridine rings is 1. The van der Waals surface area contributed by atoms with E-state index in [1.807, 2.05) is 24.0 Å². The van der Waals surface area contributed by atoms with E-state index in [-0.39, 0.29) is 12.1 Å². The molecule has 0 aliphatic carbocycles. The van der Waals surface area contributed by atoms with Crippen molar-refractivity contribution in [3.63, 3.8) is 0 Å². The molecule has 0 unspecified atom stereocenters. The molecule has 1 spiro atoms. The van der Waals surface area contributed by atoms with Crippen LogP contribution in [-0.2, 0) is 0 Å². The molecule has 8 heteroatoms. The molecule has 0 aromatic carbocycles. The normalized spacial score (nSPS) is 20.7. The monoisotopic (exact) mass is 370 g/mol. The van der Waals surface area contributed by atoms with Gasteiger partial charge in [0.05, 0.1) is 0 Å². The van der Waals surface area contributed by atoms with Gasteiger partial charge in [-0.25, -0.2) is 4.79 Å². The summed E-state index contributed by atoms with van der Waals surface area (Å²) in [4.78, 5) is 25.4. The number of nitrogens with one attached hydrogen (secondary N) is 1. The van der Waals surface area contributed by atoms with Crippen molar-refractivity contribution in [3.8, 4) is 11.4 Å². The molecular weight excluding hydrogens is 344 g/mol. The molecule has 144 valence electrons. The maximum atomic E-state index is 12.6. The van der Waals surface area contributed by atoms with E-state index in [1.165, 1.54) is 13.0 Å². The number of aromatic nitrogens is 3. The van der Waals surface area contributed by atoms with Gasteiger partial charge in [-0.05, 0) is 57.3 Å². The van der Waals surface area contributed by atoms with Crippen molar-refractivity contribution in [2.24, 2.45) is 5.41 Å². The Morgan fingerprint density at radius 1 is 1.30 bits per heavy atom. The fraction of sp³-hybridized carbons (Fsp3) is 0.579. The highest BCUT2D eigenvalue weighted by molar-refractivity contribution is 5.74. The SMILES string of the molecule is C[C@H](NC(=O)N1CCC2(CCN(C)C2)CC1)c1nc(-c2cccnc2)no1. The molecule has 4 rings (SSSR count). The molecule has 2 aliphatic heterocycles. The Bertz CT molecular complexity index is 785. The van der Waals surface area contributed by atoms with Crippen LogP contribution in [0.4, 0.5) is 4.79 Å². The number of rotatable bonds is 3. The minimum atomic E-state index is -0.344. The predicted octanol–water partition coefficient (Wildman–Crippen LogP) is 2.32. The molecule has 1 atom stereocenters. The summed E-state index contributed by atoms with van der Waals surface area (Å²) in [5.41, 5.74) is 1.19. The predicted molar refractivity (Wildman–Crippen MR) is 99.8 cm³/mol. The molecule has 2 fully saturated rings. The first-order chi connectivity index (χ1) is 13.0. The zero-order chi connectivity index (χ0) is 18.9. The number of hydrogen-bond acceptors (Lipinski definition) is 6. The van der Waals surface area contributed by atoms with Crippen molar-refractivity contribution in [2.45, 2.75) is 32.2 Å². The average molecular weight is 370 g/mol. The van der Waals surface area contributed by atoms with Crippen molar-refractivity contribution >= 4 is 6.03 Å². The second kappa shape index (κ2) is 7.26. The molecular formula is C19H26N6O2. The van der Waals surface area contributed by atoms with Crippen molar-refractivity contribution in [1.82, 2.24) is 30.2 Å². The molecule has 2 aliphatic rings. The second-order valence-corrected chi connectivity index (χ2v) is 7.84. The van der Waals surface area contributed by atoms with Gasteiger partial charge in [0.1, 0.15) is 6.04 Å². The van der Waals surface area contributed by atoms with Crippen LogP contribution in [0.15, 0.2) is 29.0 Å². The van der Waals surface area contributed by atoms with Crippen LogP contribution in [0, 0.1) is 5.41 Å². The second-order valence-electron chi connectivity index (χ2n) is 7.84. The van der Waals surface area contributed by atoms with Crippen molar-refractivity contribution < 1.29 is 9.32 Å². The lowest BCUT2D eigenvalue weighted by Gasteiger charge is -2.39. The Kier molecular flexibility index (Phi) is 4.82. The van der Waals surface area contributed by atoms with Gasteiger partial charge in [0.2, 0.25) is 11.7 Å². The van der Waals surface area contributed by atoms with Crippen LogP contribution in [0.2, 0.25) is 0 Å². The number of likely N-dealkylation sites (tertiary alicyclic amines) is 2. The summed E-state index contributed by atoms with van der Waals surface area (Å²) < 4.78 is 5.33. The van der Waals surface area contributed by atoms with E-state index in [1.54, 1.807) is 12.4 Å². The lowest BCUT2D eigenvalue weighted by Crippen LogP contribution is -2.48. The topological polar surface area (TPSA) is 87.4 Å². The Labute approximate surface area is 158 Å². The van der Waals surface area contributed by atoms with Gasteiger partial charge in [0, 0.05) is 37.6 Å². The van der Waals surface area contributed by atoms with E-state index >= 15 is 0 Å². The van der Waals surface area contributed by atoms with E-state index in [4.69, 9.17) is 4.52 Å². The molecule has 0 saturated carbocycles. The number of amides is 2. The first-order valence-corrected chi connectivity index (χ1v) is 9.53. The van der Waals surface area contributed by atoms with Gasteiger partial charge in [-0.3, -0.25) is 4.98 Å². The summed E-state index contributed by atoms with van der Waals surface area (Å²) in [6.45, 7) is 5.78. The Hall–Kier alpha value is -2.48. The number of nitrogens with zero attached hydrogens (tertiary/aromatic N) is 5. The standard InChI is InChI=1S/C19H26N6O2/c1-14(17-22-16(23-27-17)15-4-3-8-20-12-15)21-18(26)25-10-6-19(7-11-25)5-9-24(2)13-19/h3-4,8,12,14H,5-7,9-11,13H2,1-2H3,(H,21,26)/t14-/m0/s1. The van der Waals surface area contributed by atoms with Gasteiger partial charge in [0.25, 0.3) is 0 Å². The molecule has 0 radical (unpaired) electrons. The zero-order valence-corrected chi connectivity index (χ0v) is 15.9. The number of hydrogen-bond donors (Lipinski definition) is 1. The van der Waals surface area contributed by atoms with Gasteiger partial charge in [-0.2, -0.15) is 4.98 Å². The van der Waals surface area contributed by atoms with E-state index in [0.717, 1.165) is 38.0 Å². The number of urea groups is 1. The number of carbonyl (C=O) groups excluding carboxylic acids is 1. The molecule has 2 aromatic heterocycles. The fourth-order valence-electron chi connectivity index (χ4n) is 4.11. The minimum Gasteiger partial charge on any atom is -0.337 e. The Balaban J connectivity index is 1.33. The Morgan fingerprint density at radius 2 is 2.07 bits per heavy atom. The minimum absolute atomic E-state index is 0.0650. The summed E-state index contributed by atoms with van der Waals surface area (Å²) in [6.07, 6.45) is 6.77. The Morgan fingerprint density at radius 3 is 2.74 bits per heavy atom. The van der Waals surface area contributed by atoms with E-state index in [9.17, 15) is 4.79 Å². The maximum absolute atomic E-state index is 12.6. The van der Waals surface area contributed by atoms with Crippen molar-refractivity contribution in [1.29, 1.82) is 0 Å². The van der Waals surface area contributed by atoms with Gasteiger partial charge in [-0.15, -0.1) is 0 Å². The molecule has 0 bridgehead atoms. The quantitative estimate of drug-likeness (QED) is 0.892. The molecule has 8 nitrogen and oxygen atoms in total. The summed E-state index contributed by atoms with van der Waals surface area (Å²) in [6, 6.07) is 3.28. The molecule has 2 aromatic rings. The molecule has 27 heavy (non-hydrogen) atoms. The highest BCUT2D eigenvalue weighted by Gasteiger charge is 2.40. The van der Waals surface area contributed by atoms with Crippen molar-refractivity contribution in [2.75, 3.05) is 33.2 Å². The molecule has 4 heterocycles. The third-order valence-electron chi connectivity index (χ3n) is 5.81. The molecule has 1 N–H and O–H groups in total. The lowest BCUT2D eigenvalue weighted by atomic mass is 9.78. The van der Waals surface area contributed by atoms with Crippen LogP contribution < -0.4 is 5.32 Å². The van der Waals surface area contributed by atoms with Gasteiger partial charge in [-0.1, -0.05) is 5.16 Å². The largest absolute Gasteiger partial charge is 0.337 e. The van der Waals surface area contributed by atoms with Crippen LogP contribution in [0.25, 0.3) is 11.4 Å². The van der Waals surface area contributed by atoms with E-state index in [0.29, 0.717) is 17.1 Å². The zero-order valence-electron chi connectivity index (χ0n) is 15.9. The summed E-state index contributed by atoms with van der Waals surface area (Å²) >= 11 is 0. The van der Waals surface area contributed by atoms with Gasteiger partial charge in [0.15, 0.2) is 0 Å². The molecule has 2 amide bonds. The smallest absolute Gasteiger partial charge is 0.318 e. The number of carbonyl (C=O) groups is 1. The van der Waals surface area contributed by atoms with E-state index in [2.05, 4.69) is 32.4 Å². The highest BCUT2D eigenvalue weighted by Crippen LogP contribution is 2.39. The van der Waals surface area contributed by atoms with Crippen LogP contribution >= 0.6 is 0 Å². The third kappa shape index (κ3) is 3.80. The van der Waals surface area contributed by atoms with Crippen LogP contribution in [0.1, 0.15) is 38.1 Å². The van der Waals surface area contributed by atoms with Crippen LogP contribution in [-0.4, -0.2) is 64.2 Å². The van der Waals surface area contributed by atoms with Gasteiger partial charge >= 0.3 is 6.03 Å². The van der Waals surface area contributed by atoms with E-state index < -0.39 is 0 Å². The molecule has 2 saturated heterocycles. The van der Waals surface area contributed by atoms with Crippen molar-refractivity contribution in [3.05, 3.63) is 30.4 Å². The van der Waals surface area contributed by atoms with Gasteiger partial charge < -0.3 is 19.6 Å². The fourth-order valence-corrected chi connectivity index (χ4v) is 4.11. The lowest BCUT2D eigenvalue weighted by molar-refractivity contribution is 0.120. The van der Waals surface area contributed by atoms with Crippen LogP contribution in [0.3, 0.4) is 0 Å². The third-order valence-corrected chi connectivity index (χ3v) is 5.81. The number of piperidine rings is 1. The first-order valence-electron chi connectivity index (χ1n) is 9.53. The first kappa shape index (κ1) is 17.9.